The zero-order valence-electron chi connectivity index (χ0n) is 25.0. The summed E-state index contributed by atoms with van der Waals surface area (Å²) in [4.78, 5) is 30.3. The third-order valence-corrected chi connectivity index (χ3v) is 11.5. The Morgan fingerprint density at radius 3 is 2.48 bits per heavy atom. The van der Waals surface area contributed by atoms with Crippen molar-refractivity contribution in [1.29, 1.82) is 0 Å². The summed E-state index contributed by atoms with van der Waals surface area (Å²) in [5.74, 6) is -0.475. The molecule has 1 atom stereocenters. The number of hydrogen-bond donors (Lipinski definition) is 3. The Hall–Kier alpha value is -3.31. The number of piperazine rings is 1. The molecule has 4 heterocycles. The van der Waals surface area contributed by atoms with Crippen LogP contribution in [0.3, 0.4) is 0 Å². The van der Waals surface area contributed by atoms with Crippen molar-refractivity contribution in [3.05, 3.63) is 58.9 Å². The molecule has 0 bridgehead atoms. The lowest BCUT2D eigenvalue weighted by Gasteiger charge is -2.33. The van der Waals surface area contributed by atoms with Gasteiger partial charge in [-0.2, -0.15) is 9.40 Å². The predicted octanol–water partition coefficient (Wildman–Crippen LogP) is 0.687. The molecule has 2 saturated heterocycles. The van der Waals surface area contributed by atoms with E-state index in [1.165, 1.54) is 21.3 Å². The van der Waals surface area contributed by atoms with Crippen molar-refractivity contribution in [3.8, 4) is 11.3 Å². The number of sulfonamides is 2. The Morgan fingerprint density at radius 1 is 1.09 bits per heavy atom. The van der Waals surface area contributed by atoms with Gasteiger partial charge in [0.1, 0.15) is 10.6 Å². The first-order valence-electron chi connectivity index (χ1n) is 14.9. The Kier molecular flexibility index (Phi) is 9.74. The summed E-state index contributed by atoms with van der Waals surface area (Å²) in [7, 11) is -7.46. The second kappa shape index (κ2) is 13.4. The Bertz CT molecular complexity index is 1710. The molecular formula is C28H40N8O6S2. The summed E-state index contributed by atoms with van der Waals surface area (Å²) >= 11 is 0. The average Bonchev–Trinajstić information content (AvgIpc) is 3.65. The van der Waals surface area contributed by atoms with Gasteiger partial charge in [0.2, 0.25) is 20.0 Å². The summed E-state index contributed by atoms with van der Waals surface area (Å²) in [5, 5.41) is 9.56. The topological polar surface area (TPSA) is 171 Å². The highest BCUT2D eigenvalue weighted by Gasteiger charge is 2.37. The van der Waals surface area contributed by atoms with E-state index in [9.17, 15) is 26.4 Å². The number of H-pyrrole nitrogens is 1. The van der Waals surface area contributed by atoms with Crippen LogP contribution in [0, 0.1) is 5.92 Å². The first-order valence-corrected chi connectivity index (χ1v) is 18.0. The molecule has 14 nitrogen and oxygen atoms in total. The number of aromatic amines is 1. The monoisotopic (exact) mass is 648 g/mol. The molecule has 16 heteroatoms. The fourth-order valence-electron chi connectivity index (χ4n) is 5.91. The van der Waals surface area contributed by atoms with Gasteiger partial charge >= 0.3 is 5.69 Å². The minimum atomic E-state index is -3.87. The molecule has 2 aromatic heterocycles. The van der Waals surface area contributed by atoms with E-state index in [1.54, 1.807) is 23.3 Å². The maximum absolute atomic E-state index is 14.4. The van der Waals surface area contributed by atoms with Crippen LogP contribution in [0.2, 0.25) is 0 Å². The normalized spacial score (nSPS) is 18.6. The number of rotatable bonds is 11. The van der Waals surface area contributed by atoms with Gasteiger partial charge < -0.3 is 10.2 Å². The molecule has 0 aliphatic carbocycles. The number of nitrogens with one attached hydrogen (secondary N) is 3. The molecule has 1 unspecified atom stereocenters. The molecule has 2 aliphatic rings. The summed E-state index contributed by atoms with van der Waals surface area (Å²) in [6, 6.07) is 8.54. The van der Waals surface area contributed by atoms with Gasteiger partial charge in [0, 0.05) is 64.1 Å². The van der Waals surface area contributed by atoms with Crippen LogP contribution in [0.25, 0.3) is 11.3 Å². The number of carbonyl (C=O) groups is 1. The number of aromatic nitrogens is 4. The molecule has 44 heavy (non-hydrogen) atoms. The van der Waals surface area contributed by atoms with Crippen LogP contribution < -0.4 is 15.7 Å². The number of carbonyl (C=O) groups excluding carboxylic acids is 1. The molecule has 3 N–H and O–H groups in total. The van der Waals surface area contributed by atoms with Crippen molar-refractivity contribution in [1.82, 2.24) is 38.6 Å². The number of benzene rings is 1. The van der Waals surface area contributed by atoms with Crippen molar-refractivity contribution < 1.29 is 21.6 Å². The third-order valence-electron chi connectivity index (χ3n) is 7.87. The van der Waals surface area contributed by atoms with Crippen molar-refractivity contribution in [2.24, 2.45) is 5.92 Å². The molecule has 240 valence electrons. The van der Waals surface area contributed by atoms with E-state index >= 15 is 0 Å². The van der Waals surface area contributed by atoms with Gasteiger partial charge in [-0.15, -0.1) is 0 Å². The highest BCUT2D eigenvalue weighted by atomic mass is 32.2. The maximum Gasteiger partial charge on any atom is 0.329 e. The molecule has 0 spiro atoms. The second-order valence-corrected chi connectivity index (χ2v) is 15.4. The van der Waals surface area contributed by atoms with Crippen molar-refractivity contribution >= 4 is 26.0 Å². The first kappa shape index (κ1) is 32.1. The van der Waals surface area contributed by atoms with Gasteiger partial charge in [0.05, 0.1) is 23.7 Å². The minimum Gasteiger partial charge on any atom is -0.335 e. The number of hydrogen-bond acceptors (Lipinski definition) is 8. The van der Waals surface area contributed by atoms with Gasteiger partial charge in [-0.3, -0.25) is 19.0 Å². The highest BCUT2D eigenvalue weighted by Crippen LogP contribution is 2.32. The lowest BCUT2D eigenvalue weighted by Crippen LogP contribution is -2.47. The van der Waals surface area contributed by atoms with Crippen LogP contribution in [0.4, 0.5) is 0 Å². The van der Waals surface area contributed by atoms with Crippen molar-refractivity contribution in [2.75, 3.05) is 51.6 Å². The molecule has 2 aliphatic heterocycles. The predicted molar refractivity (Wildman–Crippen MR) is 165 cm³/mol. The van der Waals surface area contributed by atoms with Crippen LogP contribution in [0.5, 0.6) is 0 Å². The van der Waals surface area contributed by atoms with Crippen LogP contribution >= 0.6 is 0 Å². The highest BCUT2D eigenvalue weighted by molar-refractivity contribution is 7.89. The van der Waals surface area contributed by atoms with Gasteiger partial charge in [0.25, 0.3) is 5.91 Å². The van der Waals surface area contributed by atoms with Crippen LogP contribution in [0.1, 0.15) is 43.2 Å². The summed E-state index contributed by atoms with van der Waals surface area (Å²) in [5.41, 5.74) is 0.715. The quantitative estimate of drug-likeness (QED) is 0.273. The number of amides is 1. The first-order chi connectivity index (χ1) is 21.0. The third kappa shape index (κ3) is 6.83. The van der Waals surface area contributed by atoms with E-state index in [2.05, 4.69) is 20.2 Å². The lowest BCUT2D eigenvalue weighted by molar-refractivity contribution is 0.0725. The summed E-state index contributed by atoms with van der Waals surface area (Å²) in [6.45, 7) is 5.89. The van der Waals surface area contributed by atoms with E-state index in [0.29, 0.717) is 50.3 Å². The Labute approximate surface area is 257 Å². The molecule has 1 amide bonds. The van der Waals surface area contributed by atoms with E-state index in [0.717, 1.165) is 0 Å². The fraction of sp³-hybridized carbons (Fsp3) is 0.536. The second-order valence-electron chi connectivity index (χ2n) is 11.6. The SMILES string of the molecule is CC(C)CS(=O)(=O)NCCn1c(C(=O)N2CCNCC2)c(-c2ccccc2)n(C2CCCN(S(=O)(=O)c3cn[nH]c3)C2)c1=O. The van der Waals surface area contributed by atoms with E-state index in [1.807, 2.05) is 30.3 Å². The smallest absolute Gasteiger partial charge is 0.329 e. The maximum atomic E-state index is 14.4. The molecule has 5 rings (SSSR count). The Balaban J connectivity index is 1.61. The van der Waals surface area contributed by atoms with Crippen molar-refractivity contribution in [3.63, 3.8) is 0 Å². The average molecular weight is 649 g/mol. The van der Waals surface area contributed by atoms with Crippen molar-refractivity contribution in [2.45, 2.75) is 44.2 Å². The van der Waals surface area contributed by atoms with Gasteiger partial charge in [-0.25, -0.2) is 26.4 Å². The minimum absolute atomic E-state index is 0.0273. The molecule has 2 fully saturated rings. The number of imidazole rings is 1. The standard InChI is InChI=1S/C28H40N8O6S2/c1-21(2)20-43(39,40)32-12-16-35-26(27(37)33-14-10-29-11-15-33)25(22-7-4-3-5-8-22)36(28(35)38)23-9-6-13-34(19-23)44(41,42)24-17-30-31-18-24/h3-5,7-8,17-18,21,23,29,32H,6,9-16,19-20H2,1-2H3,(H,30,31). The summed E-state index contributed by atoms with van der Waals surface area (Å²) < 4.78 is 58.8. The van der Waals surface area contributed by atoms with E-state index < -0.39 is 31.8 Å². The molecule has 3 aromatic rings. The number of nitrogens with zero attached hydrogens (tertiary/aromatic N) is 5. The zero-order valence-corrected chi connectivity index (χ0v) is 26.6. The number of piperidine rings is 1. The Morgan fingerprint density at radius 2 is 1.82 bits per heavy atom. The fourth-order valence-corrected chi connectivity index (χ4v) is 8.73. The molecule has 0 radical (unpaired) electrons. The summed E-state index contributed by atoms with van der Waals surface area (Å²) in [6.07, 6.45) is 3.59. The van der Waals surface area contributed by atoms with E-state index in [4.69, 9.17) is 0 Å². The molecule has 0 saturated carbocycles. The van der Waals surface area contributed by atoms with Crippen LogP contribution in [-0.4, -0.2) is 103 Å². The van der Waals surface area contributed by atoms with Gasteiger partial charge in [-0.05, 0) is 18.8 Å². The van der Waals surface area contributed by atoms with Gasteiger partial charge in [-0.1, -0.05) is 44.2 Å². The van der Waals surface area contributed by atoms with Crippen LogP contribution in [0.15, 0.2) is 52.4 Å². The van der Waals surface area contributed by atoms with E-state index in [-0.39, 0.29) is 54.3 Å². The molecular weight excluding hydrogens is 608 g/mol. The largest absolute Gasteiger partial charge is 0.335 e. The van der Waals surface area contributed by atoms with Gasteiger partial charge in [0.15, 0.2) is 0 Å². The van der Waals surface area contributed by atoms with Crippen LogP contribution in [-0.2, 0) is 26.6 Å². The molecule has 1 aromatic carbocycles. The lowest BCUT2D eigenvalue weighted by atomic mass is 10.0. The zero-order chi connectivity index (χ0) is 31.5.